The molecule has 0 bridgehead atoms. The molecule has 10 heteroatoms. The van der Waals surface area contributed by atoms with E-state index in [-0.39, 0.29) is 19.2 Å². The summed E-state index contributed by atoms with van der Waals surface area (Å²) >= 11 is 0. The summed E-state index contributed by atoms with van der Waals surface area (Å²) in [6.45, 7) is 0.0614. The molecule has 0 atom stereocenters. The lowest BCUT2D eigenvalue weighted by Crippen LogP contribution is -2.11. The Bertz CT molecular complexity index is 1050. The summed E-state index contributed by atoms with van der Waals surface area (Å²) in [5.41, 5.74) is 1.60. The second-order valence-electron chi connectivity index (χ2n) is 5.93. The van der Waals surface area contributed by atoms with E-state index in [1.807, 2.05) is 36.4 Å². The zero-order valence-corrected chi connectivity index (χ0v) is 17.0. The first-order valence-corrected chi connectivity index (χ1v) is 10.4. The molecular weight excluding hydrogens is 398 g/mol. The van der Waals surface area contributed by atoms with Crippen molar-refractivity contribution < 1.29 is 26.8 Å². The van der Waals surface area contributed by atoms with Crippen LogP contribution in [-0.2, 0) is 14.3 Å². The van der Waals surface area contributed by atoms with E-state index in [0.29, 0.717) is 11.6 Å². The highest BCUT2D eigenvalue weighted by Gasteiger charge is 2.14. The van der Waals surface area contributed by atoms with Gasteiger partial charge in [0.1, 0.15) is 24.7 Å². The van der Waals surface area contributed by atoms with Crippen molar-refractivity contribution in [1.29, 1.82) is 0 Å². The maximum Gasteiger partial charge on any atom is 0.336 e. The third-order valence-electron chi connectivity index (χ3n) is 3.85. The normalized spacial score (nSPS) is 11.3. The fourth-order valence-corrected chi connectivity index (χ4v) is 2.89. The van der Waals surface area contributed by atoms with Crippen molar-refractivity contribution in [3.05, 3.63) is 48.5 Å². The Morgan fingerprint density at radius 3 is 2.14 bits per heavy atom. The predicted octanol–water partition coefficient (Wildman–Crippen LogP) is 2.31. The van der Waals surface area contributed by atoms with E-state index in [1.54, 1.807) is 23.9 Å². The number of hydrogen-bond acceptors (Lipinski definition) is 8. The van der Waals surface area contributed by atoms with Crippen molar-refractivity contribution in [2.45, 2.75) is 0 Å². The smallest absolute Gasteiger partial charge is 0.336 e. The van der Waals surface area contributed by atoms with E-state index < -0.39 is 10.1 Å². The molecule has 29 heavy (non-hydrogen) atoms. The Kier molecular flexibility index (Phi) is 6.35. The van der Waals surface area contributed by atoms with E-state index in [2.05, 4.69) is 14.3 Å². The van der Waals surface area contributed by atoms with Gasteiger partial charge in [-0.1, -0.05) is 0 Å². The molecule has 3 rings (SSSR count). The first-order valence-electron chi connectivity index (χ1n) is 8.63. The number of hydrogen-bond donors (Lipinski definition) is 0. The monoisotopic (exact) mass is 419 g/mol. The topological polar surface area (TPSA) is 102 Å². The number of nitrogens with zero attached hydrogens (tertiary/aromatic N) is 3. The van der Waals surface area contributed by atoms with Gasteiger partial charge in [0.2, 0.25) is 0 Å². The Balaban J connectivity index is 1.78. The lowest BCUT2D eigenvalue weighted by atomic mass is 10.2. The van der Waals surface area contributed by atoms with Crippen LogP contribution >= 0.6 is 0 Å². The Labute approximate surface area is 168 Å². The van der Waals surface area contributed by atoms with Crippen molar-refractivity contribution in [3.8, 4) is 34.6 Å². The molecule has 0 aliphatic rings. The predicted molar refractivity (Wildman–Crippen MR) is 106 cm³/mol. The minimum Gasteiger partial charge on any atom is -0.497 e. The van der Waals surface area contributed by atoms with Gasteiger partial charge in [-0.15, -0.1) is 5.10 Å². The highest BCUT2D eigenvalue weighted by Crippen LogP contribution is 2.26. The minimum atomic E-state index is -3.47. The summed E-state index contributed by atoms with van der Waals surface area (Å²) < 4.78 is 44.1. The lowest BCUT2D eigenvalue weighted by Gasteiger charge is -2.09. The van der Waals surface area contributed by atoms with E-state index in [4.69, 9.17) is 14.2 Å². The van der Waals surface area contributed by atoms with E-state index in [0.717, 1.165) is 23.3 Å². The van der Waals surface area contributed by atoms with Crippen LogP contribution in [0.1, 0.15) is 0 Å². The molecule has 0 radical (unpaired) electrons. The number of rotatable bonds is 9. The van der Waals surface area contributed by atoms with Crippen molar-refractivity contribution in [3.63, 3.8) is 0 Å². The van der Waals surface area contributed by atoms with Crippen molar-refractivity contribution in [1.82, 2.24) is 14.8 Å². The summed E-state index contributed by atoms with van der Waals surface area (Å²) in [6, 6.07) is 14.8. The van der Waals surface area contributed by atoms with Gasteiger partial charge in [0.15, 0.2) is 5.82 Å². The Hall–Kier alpha value is -3.11. The standard InChI is InChI=1S/C19H21N3O6S/c1-25-16-10-6-15(7-11-16)22-18(20-19(21-22)26-2)14-4-8-17(9-5-14)27-12-13-28-29(3,23)24/h4-11H,12-13H2,1-3H3. The van der Waals surface area contributed by atoms with Crippen LogP contribution in [0, 0.1) is 0 Å². The third-order valence-corrected chi connectivity index (χ3v) is 4.44. The SMILES string of the molecule is COc1ccc(-n2nc(OC)nc2-c2ccc(OCCOS(C)(=O)=O)cc2)cc1. The maximum absolute atomic E-state index is 10.9. The molecule has 0 aliphatic heterocycles. The van der Waals surface area contributed by atoms with Gasteiger partial charge in [-0.25, -0.2) is 4.68 Å². The first kappa shape index (κ1) is 20.6. The molecule has 0 amide bonds. The van der Waals surface area contributed by atoms with Gasteiger partial charge < -0.3 is 14.2 Å². The van der Waals surface area contributed by atoms with Crippen LogP contribution in [0.25, 0.3) is 17.1 Å². The van der Waals surface area contributed by atoms with Gasteiger partial charge in [-0.05, 0) is 48.5 Å². The minimum absolute atomic E-state index is 0.0520. The zero-order chi connectivity index (χ0) is 20.9. The molecule has 2 aromatic carbocycles. The van der Waals surface area contributed by atoms with Gasteiger partial charge in [0, 0.05) is 5.56 Å². The van der Waals surface area contributed by atoms with Gasteiger partial charge in [-0.3, -0.25) is 4.18 Å². The molecule has 1 aromatic heterocycles. The van der Waals surface area contributed by atoms with Gasteiger partial charge in [0.25, 0.3) is 10.1 Å². The molecule has 0 saturated heterocycles. The molecule has 3 aromatic rings. The molecule has 0 saturated carbocycles. The second-order valence-corrected chi connectivity index (χ2v) is 7.57. The summed E-state index contributed by atoms with van der Waals surface area (Å²) in [4.78, 5) is 4.42. The van der Waals surface area contributed by atoms with Crippen LogP contribution in [0.15, 0.2) is 48.5 Å². The summed E-state index contributed by atoms with van der Waals surface area (Å²) in [7, 11) is -0.361. The van der Waals surface area contributed by atoms with Crippen LogP contribution in [-0.4, -0.2) is 56.9 Å². The van der Waals surface area contributed by atoms with Crippen LogP contribution in [0.3, 0.4) is 0 Å². The molecule has 154 valence electrons. The largest absolute Gasteiger partial charge is 0.497 e. The molecule has 0 spiro atoms. The van der Waals surface area contributed by atoms with E-state index in [9.17, 15) is 8.42 Å². The Morgan fingerprint density at radius 1 is 0.897 bits per heavy atom. The summed E-state index contributed by atoms with van der Waals surface area (Å²) in [5.74, 6) is 1.91. The van der Waals surface area contributed by atoms with Crippen LogP contribution < -0.4 is 14.2 Å². The zero-order valence-electron chi connectivity index (χ0n) is 16.2. The summed E-state index contributed by atoms with van der Waals surface area (Å²) in [6.07, 6.45) is 0.995. The van der Waals surface area contributed by atoms with Gasteiger partial charge in [0.05, 0.1) is 26.2 Å². The average Bonchev–Trinajstić information content (AvgIpc) is 3.15. The fraction of sp³-hybridized carbons (Fsp3) is 0.263. The first-order chi connectivity index (χ1) is 13.9. The quantitative estimate of drug-likeness (QED) is 0.385. The fourth-order valence-electron chi connectivity index (χ4n) is 2.52. The third kappa shape index (κ3) is 5.46. The molecule has 0 unspecified atom stereocenters. The van der Waals surface area contributed by atoms with Gasteiger partial charge in [-0.2, -0.15) is 13.4 Å². The number of aromatic nitrogens is 3. The average molecular weight is 419 g/mol. The van der Waals surface area contributed by atoms with E-state index >= 15 is 0 Å². The van der Waals surface area contributed by atoms with Crippen molar-refractivity contribution in [2.24, 2.45) is 0 Å². The maximum atomic E-state index is 10.9. The van der Waals surface area contributed by atoms with Crippen LogP contribution in [0.4, 0.5) is 0 Å². The van der Waals surface area contributed by atoms with Crippen LogP contribution in [0.2, 0.25) is 0 Å². The van der Waals surface area contributed by atoms with E-state index in [1.165, 1.54) is 7.11 Å². The molecule has 0 N–H and O–H groups in total. The van der Waals surface area contributed by atoms with Crippen LogP contribution in [0.5, 0.6) is 17.5 Å². The molecule has 9 nitrogen and oxygen atoms in total. The lowest BCUT2D eigenvalue weighted by molar-refractivity contribution is 0.222. The molecule has 0 aliphatic carbocycles. The van der Waals surface area contributed by atoms with Crippen molar-refractivity contribution >= 4 is 10.1 Å². The van der Waals surface area contributed by atoms with Crippen molar-refractivity contribution in [2.75, 3.05) is 33.7 Å². The second kappa shape index (κ2) is 8.93. The number of benzene rings is 2. The molecule has 1 heterocycles. The number of ether oxygens (including phenoxy) is 3. The summed E-state index contributed by atoms with van der Waals surface area (Å²) in [5, 5.41) is 4.37. The van der Waals surface area contributed by atoms with Gasteiger partial charge >= 0.3 is 6.01 Å². The Morgan fingerprint density at radius 2 is 1.55 bits per heavy atom. The highest BCUT2D eigenvalue weighted by molar-refractivity contribution is 7.85. The molecule has 0 fully saturated rings. The molecular formula is C19H21N3O6S. The number of methoxy groups -OCH3 is 2. The highest BCUT2D eigenvalue weighted by atomic mass is 32.2.